The number of carbonyl (C=O) groups is 1. The number of para-hydroxylation sites is 1. The van der Waals surface area contributed by atoms with Crippen molar-refractivity contribution >= 4 is 16.9 Å². The van der Waals surface area contributed by atoms with E-state index in [1.165, 1.54) is 17.3 Å². The molecule has 4 rings (SSSR count). The van der Waals surface area contributed by atoms with Crippen molar-refractivity contribution in [3.05, 3.63) is 65.5 Å². The number of imidazole rings is 1. The van der Waals surface area contributed by atoms with Gasteiger partial charge in [-0.1, -0.05) is 12.1 Å². The lowest BCUT2D eigenvalue weighted by atomic mass is 10.0. The van der Waals surface area contributed by atoms with Gasteiger partial charge in [0.2, 0.25) is 0 Å². The maximum absolute atomic E-state index is 13.6. The number of aromatic amines is 1. The molecule has 0 radical (unpaired) electrons. The molecule has 0 aliphatic carbocycles. The number of β-amino-alcohol motifs (C(OH)–C–C–N with tert-alkyl or cyclic N) is 1. The fourth-order valence-electron chi connectivity index (χ4n) is 3.37. The molecule has 128 valence electrons. The van der Waals surface area contributed by atoms with Crippen LogP contribution in [0.15, 0.2) is 42.7 Å². The van der Waals surface area contributed by atoms with Crippen LogP contribution in [0.5, 0.6) is 0 Å². The Hall–Kier alpha value is -2.80. The summed E-state index contributed by atoms with van der Waals surface area (Å²) in [5, 5.41) is 10.0. The van der Waals surface area contributed by atoms with Crippen LogP contribution in [0.25, 0.3) is 11.0 Å². The van der Waals surface area contributed by atoms with Gasteiger partial charge in [0.1, 0.15) is 5.52 Å². The maximum atomic E-state index is 13.6. The highest BCUT2D eigenvalue weighted by atomic mass is 19.2. The predicted octanol–water partition coefficient (Wildman–Crippen LogP) is 2.79. The van der Waals surface area contributed by atoms with Crippen molar-refractivity contribution < 1.29 is 18.7 Å². The van der Waals surface area contributed by atoms with Crippen molar-refractivity contribution in [3.8, 4) is 0 Å². The van der Waals surface area contributed by atoms with Crippen LogP contribution in [0.1, 0.15) is 28.4 Å². The molecule has 1 aliphatic heterocycles. The number of carbonyl (C=O) groups excluding carboxylic acids is 1. The van der Waals surface area contributed by atoms with Crippen molar-refractivity contribution in [2.45, 2.75) is 18.6 Å². The Bertz CT molecular complexity index is 956. The van der Waals surface area contributed by atoms with Gasteiger partial charge in [0.25, 0.3) is 5.91 Å². The number of hydrogen-bond acceptors (Lipinski definition) is 3. The minimum atomic E-state index is -0.972. The third kappa shape index (κ3) is 2.66. The molecule has 2 aromatic carbocycles. The minimum absolute atomic E-state index is 0.128. The normalized spacial score (nSPS) is 20.4. The number of nitrogens with one attached hydrogen (secondary N) is 1. The molecule has 5 nitrogen and oxygen atoms in total. The number of likely N-dealkylation sites (tertiary alicyclic amines) is 1. The molecule has 7 heteroatoms. The molecule has 1 aromatic heterocycles. The monoisotopic (exact) mass is 343 g/mol. The van der Waals surface area contributed by atoms with Crippen LogP contribution in [0.2, 0.25) is 0 Å². The summed E-state index contributed by atoms with van der Waals surface area (Å²) in [6, 6.07) is 8.25. The molecule has 0 spiro atoms. The highest BCUT2D eigenvalue weighted by Gasteiger charge is 2.36. The average Bonchev–Trinajstić information content (AvgIpc) is 3.22. The van der Waals surface area contributed by atoms with Gasteiger partial charge in [-0.15, -0.1) is 0 Å². The molecule has 1 saturated heterocycles. The van der Waals surface area contributed by atoms with E-state index in [2.05, 4.69) is 9.97 Å². The van der Waals surface area contributed by atoms with Gasteiger partial charge in [-0.05, 0) is 36.2 Å². The number of H-pyrrole nitrogens is 1. The molecule has 1 fully saturated rings. The summed E-state index contributed by atoms with van der Waals surface area (Å²) in [6.45, 7) is 0.128. The largest absolute Gasteiger partial charge is 0.391 e. The van der Waals surface area contributed by atoms with E-state index in [1.54, 1.807) is 12.1 Å². The zero-order valence-electron chi connectivity index (χ0n) is 13.1. The molecular weight excluding hydrogens is 328 g/mol. The Labute approximate surface area is 141 Å². The van der Waals surface area contributed by atoms with Gasteiger partial charge in [0, 0.05) is 6.54 Å². The number of hydrogen-bond donors (Lipinski definition) is 2. The lowest BCUT2D eigenvalue weighted by Gasteiger charge is -2.25. The third-order valence-electron chi connectivity index (χ3n) is 4.55. The van der Waals surface area contributed by atoms with E-state index in [-0.39, 0.29) is 18.9 Å². The number of aliphatic hydroxyl groups excluding tert-OH is 1. The van der Waals surface area contributed by atoms with Gasteiger partial charge in [-0.2, -0.15) is 0 Å². The van der Waals surface area contributed by atoms with Crippen LogP contribution in [0.3, 0.4) is 0 Å². The van der Waals surface area contributed by atoms with Gasteiger partial charge in [-0.3, -0.25) is 4.79 Å². The van der Waals surface area contributed by atoms with Gasteiger partial charge < -0.3 is 15.0 Å². The van der Waals surface area contributed by atoms with E-state index in [0.29, 0.717) is 16.6 Å². The summed E-state index contributed by atoms with van der Waals surface area (Å²) in [5.74, 6) is -2.22. The van der Waals surface area contributed by atoms with Crippen LogP contribution < -0.4 is 0 Å². The molecule has 1 amide bonds. The summed E-state index contributed by atoms with van der Waals surface area (Å²) in [4.78, 5) is 21.6. The predicted molar refractivity (Wildman–Crippen MR) is 86.9 cm³/mol. The van der Waals surface area contributed by atoms with Crippen molar-refractivity contribution in [1.82, 2.24) is 14.9 Å². The fraction of sp³-hybridized carbons (Fsp3) is 0.222. The first-order valence-electron chi connectivity index (χ1n) is 7.90. The van der Waals surface area contributed by atoms with E-state index in [1.807, 2.05) is 6.07 Å². The molecule has 2 atom stereocenters. The van der Waals surface area contributed by atoms with Gasteiger partial charge in [-0.25, -0.2) is 13.8 Å². The van der Waals surface area contributed by atoms with E-state index < -0.39 is 23.8 Å². The summed E-state index contributed by atoms with van der Waals surface area (Å²) in [5.41, 5.74) is 2.13. The molecule has 25 heavy (non-hydrogen) atoms. The number of aliphatic hydroxyl groups is 1. The summed E-state index contributed by atoms with van der Waals surface area (Å²) >= 11 is 0. The van der Waals surface area contributed by atoms with E-state index in [0.717, 1.165) is 17.6 Å². The van der Waals surface area contributed by atoms with E-state index >= 15 is 0 Å². The Balaban J connectivity index is 1.73. The SMILES string of the molecule is O=C(c1cccc2[nH]cnc12)N1C[C@H](O)C[C@H]1c1ccc(F)c(F)c1. The van der Waals surface area contributed by atoms with E-state index in [9.17, 15) is 18.7 Å². The summed E-state index contributed by atoms with van der Waals surface area (Å²) in [6.07, 6.45) is 1.06. The standard InChI is InChI=1S/C18H15F2N3O2/c19-13-5-4-10(6-14(13)20)16-7-11(24)8-23(16)18(25)12-2-1-3-15-17(12)22-9-21-15/h1-6,9,11,16,24H,7-8H2,(H,21,22)/t11-,16+/m1/s1. The summed E-state index contributed by atoms with van der Waals surface area (Å²) in [7, 11) is 0. The van der Waals surface area contributed by atoms with Crippen molar-refractivity contribution in [2.75, 3.05) is 6.54 Å². The number of aromatic nitrogens is 2. The van der Waals surface area contributed by atoms with Gasteiger partial charge >= 0.3 is 0 Å². The Morgan fingerprint density at radius 3 is 2.88 bits per heavy atom. The van der Waals surface area contributed by atoms with Crippen molar-refractivity contribution in [1.29, 1.82) is 0 Å². The van der Waals surface area contributed by atoms with Crippen molar-refractivity contribution in [2.24, 2.45) is 0 Å². The quantitative estimate of drug-likeness (QED) is 0.752. The van der Waals surface area contributed by atoms with Crippen LogP contribution in [0.4, 0.5) is 8.78 Å². The van der Waals surface area contributed by atoms with Gasteiger partial charge in [0.05, 0.1) is 29.6 Å². The van der Waals surface area contributed by atoms with Gasteiger partial charge in [0.15, 0.2) is 11.6 Å². The molecule has 0 saturated carbocycles. The first-order chi connectivity index (χ1) is 12.0. The third-order valence-corrected chi connectivity index (χ3v) is 4.55. The smallest absolute Gasteiger partial charge is 0.256 e. The van der Waals surface area contributed by atoms with Crippen LogP contribution >= 0.6 is 0 Å². The Morgan fingerprint density at radius 2 is 2.08 bits per heavy atom. The average molecular weight is 343 g/mol. The highest BCUT2D eigenvalue weighted by molar-refractivity contribution is 6.05. The highest BCUT2D eigenvalue weighted by Crippen LogP contribution is 2.34. The summed E-state index contributed by atoms with van der Waals surface area (Å²) < 4.78 is 26.8. The number of halogens is 2. The number of benzene rings is 2. The number of amides is 1. The second-order valence-corrected chi connectivity index (χ2v) is 6.14. The van der Waals surface area contributed by atoms with Crippen LogP contribution in [0, 0.1) is 11.6 Å². The molecule has 0 bridgehead atoms. The lowest BCUT2D eigenvalue weighted by Crippen LogP contribution is -2.32. The Morgan fingerprint density at radius 1 is 1.24 bits per heavy atom. The molecular formula is C18H15F2N3O2. The second kappa shape index (κ2) is 5.93. The Kier molecular flexibility index (Phi) is 3.73. The number of rotatable bonds is 2. The fourth-order valence-corrected chi connectivity index (χ4v) is 3.37. The topological polar surface area (TPSA) is 69.2 Å². The maximum Gasteiger partial charge on any atom is 0.256 e. The lowest BCUT2D eigenvalue weighted by molar-refractivity contribution is 0.0717. The zero-order chi connectivity index (χ0) is 17.6. The zero-order valence-corrected chi connectivity index (χ0v) is 13.1. The second-order valence-electron chi connectivity index (χ2n) is 6.14. The van der Waals surface area contributed by atoms with E-state index in [4.69, 9.17) is 0 Å². The minimum Gasteiger partial charge on any atom is -0.391 e. The molecule has 1 aliphatic rings. The molecule has 2 heterocycles. The molecule has 3 aromatic rings. The first-order valence-corrected chi connectivity index (χ1v) is 7.90. The van der Waals surface area contributed by atoms with Crippen LogP contribution in [-0.4, -0.2) is 38.5 Å². The van der Waals surface area contributed by atoms with Crippen molar-refractivity contribution in [3.63, 3.8) is 0 Å². The molecule has 2 N–H and O–H groups in total. The molecule has 0 unspecified atom stereocenters. The first kappa shape index (κ1) is 15.7. The van der Waals surface area contributed by atoms with Crippen LogP contribution in [-0.2, 0) is 0 Å². The number of nitrogens with zero attached hydrogens (tertiary/aromatic N) is 2. The number of fused-ring (bicyclic) bond motifs is 1.